The summed E-state index contributed by atoms with van der Waals surface area (Å²) in [4.78, 5) is 0. The number of hydrogen-bond donors (Lipinski definition) is 0. The molecule has 0 aliphatic heterocycles. The van der Waals surface area contributed by atoms with Crippen molar-refractivity contribution in [2.75, 3.05) is 0 Å². The van der Waals surface area contributed by atoms with Crippen LogP contribution in [-0.2, 0) is 0 Å². The maximum Gasteiger partial charge on any atom is -0.0443 e. The van der Waals surface area contributed by atoms with Crippen LogP contribution in [0.3, 0.4) is 0 Å². The molecule has 0 radical (unpaired) electrons. The van der Waals surface area contributed by atoms with Gasteiger partial charge in [0.2, 0.25) is 0 Å². The lowest BCUT2D eigenvalue weighted by Crippen LogP contribution is -1.96. The summed E-state index contributed by atoms with van der Waals surface area (Å²) in [5.74, 6) is 1.93. The topological polar surface area (TPSA) is 0 Å². The van der Waals surface area contributed by atoms with Gasteiger partial charge >= 0.3 is 0 Å². The molecule has 0 heteroatoms. The number of unbranched alkanes of at least 4 members (excludes halogenated alkanes) is 26. The molecule has 0 spiro atoms. The Morgan fingerprint density at radius 1 is 0.231 bits per heavy atom. The van der Waals surface area contributed by atoms with Gasteiger partial charge in [-0.15, -0.1) is 0 Å². The molecule has 0 aromatic carbocycles. The zero-order valence-corrected chi connectivity index (χ0v) is 28.5. The van der Waals surface area contributed by atoms with E-state index in [1.54, 1.807) is 0 Å². The maximum atomic E-state index is 2.51. The van der Waals surface area contributed by atoms with Crippen LogP contribution in [0.2, 0.25) is 0 Å². The Kier molecular flexibility index (Phi) is 34.2. The Morgan fingerprint density at radius 2 is 0.385 bits per heavy atom. The van der Waals surface area contributed by atoms with Gasteiger partial charge in [-0.3, -0.25) is 0 Å². The zero-order chi connectivity index (χ0) is 28.5. The first-order valence-corrected chi connectivity index (χ1v) is 19.2. The van der Waals surface area contributed by atoms with Crippen molar-refractivity contribution < 1.29 is 0 Å². The minimum Gasteiger partial charge on any atom is -0.0654 e. The van der Waals surface area contributed by atoms with Gasteiger partial charge in [0.05, 0.1) is 0 Å². The monoisotopic (exact) mass is 549 g/mol. The van der Waals surface area contributed by atoms with Gasteiger partial charge in [-0.1, -0.05) is 240 Å². The first-order valence-electron chi connectivity index (χ1n) is 19.2. The van der Waals surface area contributed by atoms with Crippen LogP contribution >= 0.6 is 0 Å². The molecule has 0 nitrogen and oxygen atoms in total. The van der Waals surface area contributed by atoms with E-state index in [9.17, 15) is 0 Å². The molecule has 0 aromatic rings. The van der Waals surface area contributed by atoms with Crippen molar-refractivity contribution in [1.82, 2.24) is 0 Å². The van der Waals surface area contributed by atoms with E-state index in [4.69, 9.17) is 0 Å². The maximum absolute atomic E-state index is 2.51. The molecule has 2 unspecified atom stereocenters. The highest BCUT2D eigenvalue weighted by Gasteiger charge is 2.04. The van der Waals surface area contributed by atoms with Crippen molar-refractivity contribution in [3.63, 3.8) is 0 Å². The highest BCUT2D eigenvalue weighted by atomic mass is 14.1. The fraction of sp³-hybridized carbons (Fsp3) is 1.00. The average Bonchev–Trinajstić information content (AvgIpc) is 2.93. The van der Waals surface area contributed by atoms with E-state index in [2.05, 4.69) is 27.7 Å². The molecular formula is C39H80. The molecule has 2 atom stereocenters. The highest BCUT2D eigenvalue weighted by Crippen LogP contribution is 2.21. The van der Waals surface area contributed by atoms with Crippen LogP contribution in [0, 0.1) is 11.8 Å². The van der Waals surface area contributed by atoms with Gasteiger partial charge in [0.1, 0.15) is 0 Å². The Labute approximate surface area is 251 Å². The molecule has 0 N–H and O–H groups in total. The molecule has 0 saturated heterocycles. The third-order valence-electron chi connectivity index (χ3n) is 9.49. The molecule has 39 heavy (non-hydrogen) atoms. The lowest BCUT2D eigenvalue weighted by atomic mass is 9.94. The van der Waals surface area contributed by atoms with Gasteiger partial charge < -0.3 is 0 Å². The number of hydrogen-bond acceptors (Lipinski definition) is 0. The summed E-state index contributed by atoms with van der Waals surface area (Å²) >= 11 is 0. The molecule has 0 heterocycles. The summed E-state index contributed by atoms with van der Waals surface area (Å²) < 4.78 is 0. The van der Waals surface area contributed by atoms with Crippen LogP contribution in [0.5, 0.6) is 0 Å². The Morgan fingerprint density at radius 3 is 0.590 bits per heavy atom. The third kappa shape index (κ3) is 34.1. The van der Waals surface area contributed by atoms with E-state index in [1.807, 2.05) is 0 Å². The second-order valence-electron chi connectivity index (χ2n) is 13.9. The SMILES string of the molecule is CCCCCCCCCCCCCCCCCCCCCCC(C)CCCCCCCC(C)CCCCCC. The molecule has 0 aliphatic carbocycles. The third-order valence-corrected chi connectivity index (χ3v) is 9.49. The molecule has 0 aliphatic rings. The molecule has 0 saturated carbocycles. The van der Waals surface area contributed by atoms with Gasteiger partial charge in [-0.25, -0.2) is 0 Å². The van der Waals surface area contributed by atoms with Crippen LogP contribution in [0.4, 0.5) is 0 Å². The fourth-order valence-corrected chi connectivity index (χ4v) is 6.47. The largest absolute Gasteiger partial charge is 0.0654 e. The van der Waals surface area contributed by atoms with E-state index in [1.165, 1.54) is 212 Å². The molecule has 0 aromatic heterocycles. The standard InChI is InChI=1S/C39H80/c1-5-7-9-11-12-13-14-15-16-17-18-19-20-21-22-23-24-25-27-31-35-39(4)37-33-29-26-28-32-36-38(3)34-30-10-8-6-2/h38-39H,5-37H2,1-4H3. The minimum absolute atomic E-state index is 0.962. The minimum atomic E-state index is 0.962. The van der Waals surface area contributed by atoms with Crippen molar-refractivity contribution in [2.45, 2.75) is 240 Å². The smallest absolute Gasteiger partial charge is 0.0443 e. The van der Waals surface area contributed by atoms with E-state index < -0.39 is 0 Å². The van der Waals surface area contributed by atoms with Crippen LogP contribution < -0.4 is 0 Å². The van der Waals surface area contributed by atoms with E-state index in [0.717, 1.165) is 11.8 Å². The second kappa shape index (κ2) is 34.2. The van der Waals surface area contributed by atoms with Gasteiger partial charge in [0.25, 0.3) is 0 Å². The lowest BCUT2D eigenvalue weighted by Gasteiger charge is -2.12. The first kappa shape index (κ1) is 39.0. The molecule has 0 amide bonds. The van der Waals surface area contributed by atoms with E-state index in [-0.39, 0.29) is 0 Å². The van der Waals surface area contributed by atoms with Crippen molar-refractivity contribution in [2.24, 2.45) is 11.8 Å². The Balaban J connectivity index is 3.18. The van der Waals surface area contributed by atoms with Gasteiger partial charge in [-0.2, -0.15) is 0 Å². The predicted molar refractivity (Wildman–Crippen MR) is 182 cm³/mol. The van der Waals surface area contributed by atoms with Crippen molar-refractivity contribution in [1.29, 1.82) is 0 Å². The summed E-state index contributed by atoms with van der Waals surface area (Å²) in [6, 6.07) is 0. The normalized spacial score (nSPS) is 13.2. The molecule has 0 fully saturated rings. The summed E-state index contributed by atoms with van der Waals surface area (Å²) in [7, 11) is 0. The van der Waals surface area contributed by atoms with Crippen molar-refractivity contribution >= 4 is 0 Å². The Hall–Kier alpha value is 0. The molecule has 236 valence electrons. The molecule has 0 rings (SSSR count). The zero-order valence-electron chi connectivity index (χ0n) is 28.5. The fourth-order valence-electron chi connectivity index (χ4n) is 6.47. The lowest BCUT2D eigenvalue weighted by molar-refractivity contribution is 0.417. The van der Waals surface area contributed by atoms with E-state index >= 15 is 0 Å². The van der Waals surface area contributed by atoms with Crippen molar-refractivity contribution in [3.05, 3.63) is 0 Å². The predicted octanol–water partition coefficient (Wildman–Crippen LogP) is 15.2. The van der Waals surface area contributed by atoms with Gasteiger partial charge in [-0.05, 0) is 11.8 Å². The summed E-state index contributed by atoms with van der Waals surface area (Å²) in [5.41, 5.74) is 0. The van der Waals surface area contributed by atoms with Crippen molar-refractivity contribution in [3.8, 4) is 0 Å². The molecular weight excluding hydrogens is 468 g/mol. The summed E-state index contributed by atoms with van der Waals surface area (Å²) in [6.45, 7) is 9.61. The Bertz CT molecular complexity index is 412. The first-order chi connectivity index (χ1) is 19.2. The van der Waals surface area contributed by atoms with Gasteiger partial charge in [0, 0.05) is 0 Å². The van der Waals surface area contributed by atoms with Gasteiger partial charge in [0.15, 0.2) is 0 Å². The molecule has 0 bridgehead atoms. The van der Waals surface area contributed by atoms with Crippen LogP contribution in [0.15, 0.2) is 0 Å². The second-order valence-corrected chi connectivity index (χ2v) is 13.9. The van der Waals surface area contributed by atoms with Crippen LogP contribution in [0.25, 0.3) is 0 Å². The average molecular weight is 549 g/mol. The van der Waals surface area contributed by atoms with Crippen LogP contribution in [-0.4, -0.2) is 0 Å². The quantitative estimate of drug-likeness (QED) is 0.0701. The highest BCUT2D eigenvalue weighted by molar-refractivity contribution is 4.58. The summed E-state index contributed by atoms with van der Waals surface area (Å²) in [6.07, 6.45) is 48.6. The summed E-state index contributed by atoms with van der Waals surface area (Å²) in [5, 5.41) is 0. The number of rotatable bonds is 34. The van der Waals surface area contributed by atoms with E-state index in [0.29, 0.717) is 0 Å². The van der Waals surface area contributed by atoms with Crippen LogP contribution in [0.1, 0.15) is 240 Å².